The lowest BCUT2D eigenvalue weighted by molar-refractivity contribution is -0.148. The van der Waals surface area contributed by atoms with Gasteiger partial charge in [-0.3, -0.25) is 5.32 Å². The molecule has 1 unspecified atom stereocenters. The molecule has 0 radical (unpaired) electrons. The second kappa shape index (κ2) is 8.68. The Labute approximate surface area is 119 Å². The van der Waals surface area contributed by atoms with Crippen molar-refractivity contribution < 1.29 is 19.4 Å². The minimum atomic E-state index is -1.22. The van der Waals surface area contributed by atoms with Crippen molar-refractivity contribution in [3.8, 4) is 0 Å². The molecule has 0 aromatic heterocycles. The number of benzene rings is 1. The van der Waals surface area contributed by atoms with Crippen molar-refractivity contribution in [3.05, 3.63) is 35.9 Å². The summed E-state index contributed by atoms with van der Waals surface area (Å²) in [5, 5.41) is 12.8. The van der Waals surface area contributed by atoms with E-state index >= 15 is 0 Å². The maximum absolute atomic E-state index is 11.8. The average molecular weight is 281 g/mol. The number of rotatable bonds is 10. The number of carbonyl (C=O) groups is 1. The van der Waals surface area contributed by atoms with Gasteiger partial charge in [0.2, 0.25) is 0 Å². The molecule has 1 aromatic rings. The van der Waals surface area contributed by atoms with Gasteiger partial charge in [-0.05, 0) is 18.5 Å². The summed E-state index contributed by atoms with van der Waals surface area (Å²) in [6.07, 6.45) is 0.847. The first kappa shape index (κ1) is 16.6. The number of hydrogen-bond donors (Lipinski definition) is 2. The highest BCUT2D eigenvalue weighted by molar-refractivity contribution is 5.81. The van der Waals surface area contributed by atoms with E-state index in [9.17, 15) is 9.90 Å². The van der Waals surface area contributed by atoms with Crippen LogP contribution in [0.1, 0.15) is 18.9 Å². The Morgan fingerprint density at radius 2 is 2.00 bits per heavy atom. The minimum Gasteiger partial charge on any atom is -0.480 e. The Balaban J connectivity index is 2.92. The van der Waals surface area contributed by atoms with Crippen molar-refractivity contribution in [2.24, 2.45) is 0 Å². The molecule has 0 aliphatic carbocycles. The van der Waals surface area contributed by atoms with E-state index in [-0.39, 0.29) is 6.61 Å². The first-order valence-corrected chi connectivity index (χ1v) is 6.78. The van der Waals surface area contributed by atoms with Crippen molar-refractivity contribution in [2.75, 3.05) is 33.5 Å². The number of hydrogen-bond acceptors (Lipinski definition) is 4. The zero-order valence-corrected chi connectivity index (χ0v) is 12.1. The summed E-state index contributed by atoms with van der Waals surface area (Å²) in [6, 6.07) is 9.13. The molecule has 0 saturated carbocycles. The highest BCUT2D eigenvalue weighted by Gasteiger charge is 2.40. The Morgan fingerprint density at radius 3 is 2.55 bits per heavy atom. The van der Waals surface area contributed by atoms with Crippen LogP contribution in [0.25, 0.3) is 0 Å². The van der Waals surface area contributed by atoms with Crippen LogP contribution >= 0.6 is 0 Å². The second-order valence-electron chi connectivity index (χ2n) is 4.55. The van der Waals surface area contributed by atoms with E-state index in [1.54, 1.807) is 19.2 Å². The van der Waals surface area contributed by atoms with Crippen molar-refractivity contribution in [1.82, 2.24) is 5.32 Å². The minimum absolute atomic E-state index is 0.0652. The lowest BCUT2D eigenvalue weighted by Gasteiger charge is -2.31. The summed E-state index contributed by atoms with van der Waals surface area (Å²) in [5.41, 5.74) is -0.524. The van der Waals surface area contributed by atoms with Crippen LogP contribution in [0, 0.1) is 0 Å². The fourth-order valence-corrected chi connectivity index (χ4v) is 1.93. The van der Waals surface area contributed by atoms with E-state index in [1.807, 2.05) is 25.1 Å². The van der Waals surface area contributed by atoms with Gasteiger partial charge in [0.25, 0.3) is 0 Å². The number of methoxy groups -OCH3 is 1. The SMILES string of the molecule is CCCNC(COCCOC)(C(=O)O)c1ccccc1. The van der Waals surface area contributed by atoms with Crippen LogP contribution in [0.15, 0.2) is 30.3 Å². The molecule has 112 valence electrons. The van der Waals surface area contributed by atoms with Crippen molar-refractivity contribution in [1.29, 1.82) is 0 Å². The number of carboxylic acid groups (broad SMARTS) is 1. The maximum atomic E-state index is 11.8. The fraction of sp³-hybridized carbons (Fsp3) is 0.533. The number of nitrogens with one attached hydrogen (secondary N) is 1. The molecule has 0 saturated heterocycles. The van der Waals surface area contributed by atoms with Gasteiger partial charge < -0.3 is 14.6 Å². The van der Waals surface area contributed by atoms with E-state index in [1.165, 1.54) is 0 Å². The van der Waals surface area contributed by atoms with Gasteiger partial charge in [-0.2, -0.15) is 0 Å². The van der Waals surface area contributed by atoms with E-state index in [0.717, 1.165) is 6.42 Å². The molecule has 1 aromatic carbocycles. The Morgan fingerprint density at radius 1 is 1.30 bits per heavy atom. The predicted octanol–water partition coefficient (Wildman–Crippen LogP) is 1.63. The molecule has 0 spiro atoms. The first-order valence-electron chi connectivity index (χ1n) is 6.78. The van der Waals surface area contributed by atoms with Gasteiger partial charge >= 0.3 is 5.97 Å². The number of aliphatic carboxylic acids is 1. The molecule has 0 aliphatic heterocycles. The average Bonchev–Trinajstić information content (AvgIpc) is 2.47. The molecule has 5 nitrogen and oxygen atoms in total. The van der Waals surface area contributed by atoms with Crippen LogP contribution in [0.2, 0.25) is 0 Å². The van der Waals surface area contributed by atoms with Crippen LogP contribution in [0.4, 0.5) is 0 Å². The molecule has 2 N–H and O–H groups in total. The van der Waals surface area contributed by atoms with E-state index in [2.05, 4.69) is 5.32 Å². The standard InChI is InChI=1S/C15H23NO4/c1-3-9-16-15(14(17)18,12-20-11-10-19-2)13-7-5-4-6-8-13/h4-8,16H,3,9-12H2,1-2H3,(H,17,18). The molecule has 1 rings (SSSR count). The lowest BCUT2D eigenvalue weighted by atomic mass is 9.90. The third-order valence-corrected chi connectivity index (χ3v) is 3.06. The number of ether oxygens (including phenoxy) is 2. The predicted molar refractivity (Wildman–Crippen MR) is 76.7 cm³/mol. The zero-order chi connectivity index (χ0) is 14.8. The van der Waals surface area contributed by atoms with E-state index < -0.39 is 11.5 Å². The topological polar surface area (TPSA) is 67.8 Å². The smallest absolute Gasteiger partial charge is 0.331 e. The van der Waals surface area contributed by atoms with Gasteiger partial charge in [-0.1, -0.05) is 37.3 Å². The van der Waals surface area contributed by atoms with E-state index in [0.29, 0.717) is 25.3 Å². The maximum Gasteiger partial charge on any atom is 0.331 e. The summed E-state index contributed by atoms with van der Waals surface area (Å²) < 4.78 is 10.4. The Kier molecular flexibility index (Phi) is 7.22. The van der Waals surface area contributed by atoms with Crippen molar-refractivity contribution in [3.63, 3.8) is 0 Å². The Hall–Kier alpha value is -1.43. The zero-order valence-electron chi connectivity index (χ0n) is 12.1. The molecule has 0 bridgehead atoms. The third-order valence-electron chi connectivity index (χ3n) is 3.06. The summed E-state index contributed by atoms with van der Waals surface area (Å²) in [7, 11) is 1.58. The first-order chi connectivity index (χ1) is 9.67. The van der Waals surface area contributed by atoms with Gasteiger partial charge in [0.05, 0.1) is 19.8 Å². The molecule has 0 amide bonds. The fourth-order valence-electron chi connectivity index (χ4n) is 1.93. The highest BCUT2D eigenvalue weighted by Crippen LogP contribution is 2.22. The molecule has 0 heterocycles. The Bertz CT molecular complexity index is 396. The highest BCUT2D eigenvalue weighted by atomic mass is 16.5. The third kappa shape index (κ3) is 4.30. The summed E-state index contributed by atoms with van der Waals surface area (Å²) >= 11 is 0. The monoisotopic (exact) mass is 281 g/mol. The quantitative estimate of drug-likeness (QED) is 0.638. The van der Waals surface area contributed by atoms with Crippen LogP contribution in [-0.4, -0.2) is 44.6 Å². The molecule has 5 heteroatoms. The van der Waals surface area contributed by atoms with Gasteiger partial charge in [-0.25, -0.2) is 4.79 Å². The van der Waals surface area contributed by atoms with Gasteiger partial charge in [0.15, 0.2) is 5.54 Å². The molecule has 0 fully saturated rings. The van der Waals surface area contributed by atoms with Gasteiger partial charge in [0, 0.05) is 7.11 Å². The second-order valence-corrected chi connectivity index (χ2v) is 4.55. The molecule has 20 heavy (non-hydrogen) atoms. The lowest BCUT2D eigenvalue weighted by Crippen LogP contribution is -2.53. The van der Waals surface area contributed by atoms with Crippen LogP contribution < -0.4 is 5.32 Å². The largest absolute Gasteiger partial charge is 0.480 e. The summed E-state index contributed by atoms with van der Waals surface area (Å²) in [5.74, 6) is -0.936. The molecular weight excluding hydrogens is 258 g/mol. The molecule has 0 aliphatic rings. The van der Waals surface area contributed by atoms with Crippen molar-refractivity contribution in [2.45, 2.75) is 18.9 Å². The summed E-state index contributed by atoms with van der Waals surface area (Å²) in [6.45, 7) is 3.48. The van der Waals surface area contributed by atoms with Crippen molar-refractivity contribution >= 4 is 5.97 Å². The van der Waals surface area contributed by atoms with Gasteiger partial charge in [-0.15, -0.1) is 0 Å². The van der Waals surface area contributed by atoms with Gasteiger partial charge in [0.1, 0.15) is 0 Å². The van der Waals surface area contributed by atoms with E-state index in [4.69, 9.17) is 9.47 Å². The summed E-state index contributed by atoms with van der Waals surface area (Å²) in [4.78, 5) is 11.8. The normalized spacial score (nSPS) is 13.9. The van der Waals surface area contributed by atoms with Crippen LogP contribution in [0.5, 0.6) is 0 Å². The molecule has 1 atom stereocenters. The van der Waals surface area contributed by atoms with Crippen LogP contribution in [0.3, 0.4) is 0 Å². The molecular formula is C15H23NO4. The van der Waals surface area contributed by atoms with Crippen LogP contribution in [-0.2, 0) is 19.8 Å². The number of carboxylic acids is 1.